The summed E-state index contributed by atoms with van der Waals surface area (Å²) in [6.07, 6.45) is 0.767. The fraction of sp³-hybridized carbons (Fsp3) is 0.143. The first-order valence-electron chi connectivity index (χ1n) is 5.51. The van der Waals surface area contributed by atoms with Crippen molar-refractivity contribution in [2.75, 3.05) is 0 Å². The summed E-state index contributed by atoms with van der Waals surface area (Å²) in [5, 5.41) is 0.711. The molecule has 2 aromatic carbocycles. The molecule has 1 unspecified atom stereocenters. The van der Waals surface area contributed by atoms with Gasteiger partial charge in [0.25, 0.3) is 0 Å². The molecule has 0 amide bonds. The van der Waals surface area contributed by atoms with Gasteiger partial charge in [-0.25, -0.2) is 0 Å². The van der Waals surface area contributed by atoms with E-state index in [1.807, 2.05) is 30.3 Å². The van der Waals surface area contributed by atoms with Crippen LogP contribution in [-0.4, -0.2) is 0 Å². The summed E-state index contributed by atoms with van der Waals surface area (Å²) >= 11 is 13.0. The average Bonchev–Trinajstić information content (AvgIpc) is 2.35. The van der Waals surface area contributed by atoms with E-state index >= 15 is 0 Å². The zero-order valence-corrected chi connectivity index (χ0v) is 13.5. The van der Waals surface area contributed by atoms with E-state index in [4.69, 9.17) is 17.3 Å². The number of benzene rings is 2. The van der Waals surface area contributed by atoms with Crippen molar-refractivity contribution in [1.29, 1.82) is 0 Å². The zero-order valence-electron chi connectivity index (χ0n) is 9.54. The first-order valence-corrected chi connectivity index (χ1v) is 7.47. The van der Waals surface area contributed by atoms with Crippen LogP contribution in [0.4, 0.5) is 0 Å². The molecule has 0 saturated heterocycles. The van der Waals surface area contributed by atoms with Gasteiger partial charge in [-0.15, -0.1) is 0 Å². The highest BCUT2D eigenvalue weighted by molar-refractivity contribution is 9.10. The molecule has 18 heavy (non-hydrogen) atoms. The van der Waals surface area contributed by atoms with Gasteiger partial charge in [0.1, 0.15) is 0 Å². The Balaban J connectivity index is 2.18. The molecule has 1 nitrogen and oxygen atoms in total. The minimum absolute atomic E-state index is 0.101. The molecule has 2 N–H and O–H groups in total. The third-order valence-corrected chi connectivity index (χ3v) is 4.09. The summed E-state index contributed by atoms with van der Waals surface area (Å²) in [6, 6.07) is 13.8. The first-order chi connectivity index (χ1) is 8.56. The second-order valence-corrected chi connectivity index (χ2v) is 6.34. The molecule has 0 aliphatic heterocycles. The number of nitrogens with two attached hydrogens (primary N) is 1. The molecule has 0 bridgehead atoms. The molecule has 0 aliphatic rings. The fourth-order valence-corrected chi connectivity index (χ4v) is 2.68. The highest BCUT2D eigenvalue weighted by Gasteiger charge is 2.11. The summed E-state index contributed by atoms with van der Waals surface area (Å²) < 4.78 is 2.06. The van der Waals surface area contributed by atoms with E-state index in [9.17, 15) is 0 Å². The first kappa shape index (κ1) is 14.1. The van der Waals surface area contributed by atoms with E-state index in [0.717, 1.165) is 20.9 Å². The van der Waals surface area contributed by atoms with Gasteiger partial charge in [-0.1, -0.05) is 55.6 Å². The van der Waals surface area contributed by atoms with Gasteiger partial charge >= 0.3 is 0 Å². The van der Waals surface area contributed by atoms with E-state index < -0.39 is 0 Å². The molecule has 0 spiro atoms. The SMILES string of the molecule is NC(Cc1ccc(Br)cc1)c1cc(Br)ccc1Cl. The zero-order chi connectivity index (χ0) is 13.1. The van der Waals surface area contributed by atoms with Crippen molar-refractivity contribution in [3.63, 3.8) is 0 Å². The third kappa shape index (κ3) is 3.58. The van der Waals surface area contributed by atoms with Crippen molar-refractivity contribution in [3.8, 4) is 0 Å². The van der Waals surface area contributed by atoms with Gasteiger partial charge in [0, 0.05) is 20.0 Å². The normalized spacial score (nSPS) is 12.4. The van der Waals surface area contributed by atoms with Crippen molar-refractivity contribution in [3.05, 3.63) is 67.6 Å². The lowest BCUT2D eigenvalue weighted by Gasteiger charge is -2.14. The number of hydrogen-bond donors (Lipinski definition) is 1. The maximum Gasteiger partial charge on any atom is 0.0454 e. The van der Waals surface area contributed by atoms with Crippen molar-refractivity contribution in [2.45, 2.75) is 12.5 Å². The van der Waals surface area contributed by atoms with E-state index in [2.05, 4.69) is 44.0 Å². The smallest absolute Gasteiger partial charge is 0.0454 e. The highest BCUT2D eigenvalue weighted by Crippen LogP contribution is 2.27. The Bertz CT molecular complexity index is 540. The standard InChI is InChI=1S/C14H12Br2ClN/c15-10-3-1-9(2-4-10)7-14(18)12-8-11(16)5-6-13(12)17/h1-6,8,14H,7,18H2. The van der Waals surface area contributed by atoms with Gasteiger partial charge in [0.15, 0.2) is 0 Å². The molecule has 1 atom stereocenters. The Morgan fingerprint density at radius 3 is 2.28 bits per heavy atom. The van der Waals surface area contributed by atoms with E-state index in [1.54, 1.807) is 0 Å². The Labute approximate surface area is 129 Å². The van der Waals surface area contributed by atoms with Gasteiger partial charge in [-0.05, 0) is 47.9 Å². The summed E-state index contributed by atoms with van der Waals surface area (Å²) in [4.78, 5) is 0. The number of rotatable bonds is 3. The van der Waals surface area contributed by atoms with Crippen molar-refractivity contribution >= 4 is 43.5 Å². The van der Waals surface area contributed by atoms with Crippen molar-refractivity contribution in [2.24, 2.45) is 5.73 Å². The molecule has 0 fully saturated rings. The molecule has 0 saturated carbocycles. The Morgan fingerprint density at radius 1 is 1.00 bits per heavy atom. The van der Waals surface area contributed by atoms with E-state index in [0.29, 0.717) is 5.02 Å². The van der Waals surface area contributed by atoms with Gasteiger partial charge in [-0.3, -0.25) is 0 Å². The van der Waals surface area contributed by atoms with Crippen LogP contribution < -0.4 is 5.73 Å². The average molecular weight is 390 g/mol. The second-order valence-electron chi connectivity index (χ2n) is 4.10. The summed E-state index contributed by atoms with van der Waals surface area (Å²) in [7, 11) is 0. The van der Waals surface area contributed by atoms with Crippen LogP contribution in [0.1, 0.15) is 17.2 Å². The van der Waals surface area contributed by atoms with Gasteiger partial charge in [0.2, 0.25) is 0 Å². The third-order valence-electron chi connectivity index (χ3n) is 2.73. The van der Waals surface area contributed by atoms with Gasteiger partial charge in [-0.2, -0.15) is 0 Å². The molecular formula is C14H12Br2ClN. The van der Waals surface area contributed by atoms with E-state index in [1.165, 1.54) is 5.56 Å². The van der Waals surface area contributed by atoms with Crippen molar-refractivity contribution in [1.82, 2.24) is 0 Å². The molecule has 2 aromatic rings. The minimum atomic E-state index is -0.101. The predicted molar refractivity (Wildman–Crippen MR) is 83.9 cm³/mol. The maximum atomic E-state index is 6.22. The van der Waals surface area contributed by atoms with Crippen LogP contribution in [0.3, 0.4) is 0 Å². The van der Waals surface area contributed by atoms with Crippen LogP contribution >= 0.6 is 43.5 Å². The maximum absolute atomic E-state index is 6.22. The van der Waals surface area contributed by atoms with Crippen LogP contribution in [0.15, 0.2) is 51.4 Å². The Hall–Kier alpha value is -0.350. The quantitative estimate of drug-likeness (QED) is 0.776. The lowest BCUT2D eigenvalue weighted by molar-refractivity contribution is 0.721. The van der Waals surface area contributed by atoms with Crippen LogP contribution in [0, 0.1) is 0 Å². The summed E-state index contributed by atoms with van der Waals surface area (Å²) in [6.45, 7) is 0. The molecule has 94 valence electrons. The van der Waals surface area contributed by atoms with Crippen LogP contribution in [0.5, 0.6) is 0 Å². The molecule has 0 aliphatic carbocycles. The number of hydrogen-bond acceptors (Lipinski definition) is 1. The molecule has 0 radical (unpaired) electrons. The van der Waals surface area contributed by atoms with E-state index in [-0.39, 0.29) is 6.04 Å². The summed E-state index contributed by atoms with van der Waals surface area (Å²) in [5.74, 6) is 0. The molecule has 0 aromatic heterocycles. The highest BCUT2D eigenvalue weighted by atomic mass is 79.9. The fourth-order valence-electron chi connectivity index (χ4n) is 1.78. The largest absolute Gasteiger partial charge is 0.324 e. The second kappa shape index (κ2) is 6.20. The Kier molecular flexibility index (Phi) is 4.84. The number of halogens is 3. The van der Waals surface area contributed by atoms with Crippen LogP contribution in [-0.2, 0) is 6.42 Å². The van der Waals surface area contributed by atoms with Crippen LogP contribution in [0.2, 0.25) is 5.02 Å². The molecule has 4 heteroatoms. The molecule has 2 rings (SSSR count). The van der Waals surface area contributed by atoms with Crippen LogP contribution in [0.25, 0.3) is 0 Å². The molecule has 0 heterocycles. The topological polar surface area (TPSA) is 26.0 Å². The van der Waals surface area contributed by atoms with Gasteiger partial charge in [0.05, 0.1) is 0 Å². The lowest BCUT2D eigenvalue weighted by atomic mass is 10.00. The van der Waals surface area contributed by atoms with Crippen molar-refractivity contribution < 1.29 is 0 Å². The summed E-state index contributed by atoms with van der Waals surface area (Å²) in [5.41, 5.74) is 8.38. The van der Waals surface area contributed by atoms with Gasteiger partial charge < -0.3 is 5.73 Å². The Morgan fingerprint density at radius 2 is 1.61 bits per heavy atom. The molecular weight excluding hydrogens is 377 g/mol. The minimum Gasteiger partial charge on any atom is -0.324 e. The monoisotopic (exact) mass is 387 g/mol. The predicted octanol–water partition coefficient (Wildman–Crippen LogP) is 5.11. The lowest BCUT2D eigenvalue weighted by Crippen LogP contribution is -2.13.